The lowest BCUT2D eigenvalue weighted by Gasteiger charge is -2.38. The fourth-order valence-corrected chi connectivity index (χ4v) is 5.23. The summed E-state index contributed by atoms with van der Waals surface area (Å²) in [6.07, 6.45) is 2.80. The number of carbonyl (C=O) groups excluding carboxylic acids is 2. The van der Waals surface area contributed by atoms with Crippen LogP contribution in [-0.2, 0) is 16.1 Å². The van der Waals surface area contributed by atoms with Gasteiger partial charge >= 0.3 is 0 Å². The van der Waals surface area contributed by atoms with Crippen molar-refractivity contribution in [3.05, 3.63) is 58.8 Å². The lowest BCUT2D eigenvalue weighted by atomic mass is 9.96. The van der Waals surface area contributed by atoms with Gasteiger partial charge < -0.3 is 9.80 Å². The molecule has 33 heavy (non-hydrogen) atoms. The van der Waals surface area contributed by atoms with Crippen molar-refractivity contribution in [1.29, 1.82) is 0 Å². The fourth-order valence-electron chi connectivity index (χ4n) is 4.97. The quantitative estimate of drug-likeness (QED) is 0.495. The van der Waals surface area contributed by atoms with E-state index in [1.807, 2.05) is 29.2 Å². The number of fused-ring (bicyclic) bond motifs is 1. The molecule has 1 atom stereocenters. The maximum Gasteiger partial charge on any atom is 0.227 e. The van der Waals surface area contributed by atoms with Gasteiger partial charge in [-0.1, -0.05) is 28.1 Å². The van der Waals surface area contributed by atoms with Crippen LogP contribution < -0.4 is 0 Å². The van der Waals surface area contributed by atoms with E-state index in [9.17, 15) is 9.59 Å². The van der Waals surface area contributed by atoms with Crippen LogP contribution in [0, 0.1) is 5.92 Å². The van der Waals surface area contributed by atoms with E-state index in [2.05, 4.69) is 49.7 Å². The number of halogens is 1. The minimum absolute atomic E-state index is 0.00652. The zero-order valence-corrected chi connectivity index (χ0v) is 20.2. The molecule has 2 fully saturated rings. The Morgan fingerprint density at radius 3 is 2.55 bits per heavy atom. The highest BCUT2D eigenvalue weighted by Gasteiger charge is 2.31. The largest absolute Gasteiger partial charge is 0.342 e. The third kappa shape index (κ3) is 4.68. The van der Waals surface area contributed by atoms with Gasteiger partial charge in [0.05, 0.1) is 23.5 Å². The molecule has 0 radical (unpaired) electrons. The molecule has 2 aliphatic rings. The van der Waals surface area contributed by atoms with Gasteiger partial charge in [-0.2, -0.15) is 0 Å². The van der Waals surface area contributed by atoms with Crippen molar-refractivity contribution in [2.24, 2.45) is 5.92 Å². The van der Waals surface area contributed by atoms with Gasteiger partial charge in [0, 0.05) is 42.9 Å². The Balaban J connectivity index is 1.34. The number of para-hydroxylation sites is 2. The van der Waals surface area contributed by atoms with E-state index in [4.69, 9.17) is 4.98 Å². The highest BCUT2D eigenvalue weighted by molar-refractivity contribution is 9.10. The Morgan fingerprint density at radius 1 is 1.03 bits per heavy atom. The first-order chi connectivity index (χ1) is 16.1. The second-order valence-electron chi connectivity index (χ2n) is 8.87. The number of rotatable bonds is 5. The van der Waals surface area contributed by atoms with E-state index in [1.54, 1.807) is 4.90 Å². The summed E-state index contributed by atoms with van der Waals surface area (Å²) in [6.45, 7) is 4.93. The molecule has 0 N–H and O–H groups in total. The third-order valence-corrected chi connectivity index (χ3v) is 7.24. The number of aromatic nitrogens is 2. The highest BCUT2D eigenvalue weighted by atomic mass is 79.9. The van der Waals surface area contributed by atoms with Gasteiger partial charge in [-0.25, -0.2) is 4.98 Å². The average molecular weight is 510 g/mol. The molecule has 0 saturated carbocycles. The van der Waals surface area contributed by atoms with Crippen LogP contribution in [0.4, 0.5) is 0 Å². The summed E-state index contributed by atoms with van der Waals surface area (Å²) < 4.78 is 3.27. The van der Waals surface area contributed by atoms with Gasteiger partial charge in [-0.3, -0.25) is 19.1 Å². The second-order valence-corrected chi connectivity index (χ2v) is 9.79. The van der Waals surface area contributed by atoms with Gasteiger partial charge in [-0.05, 0) is 55.8 Å². The van der Waals surface area contributed by atoms with Crippen molar-refractivity contribution in [3.63, 3.8) is 0 Å². The maximum absolute atomic E-state index is 13.2. The molecule has 2 aromatic carbocycles. The zero-order valence-electron chi connectivity index (χ0n) is 18.6. The van der Waals surface area contributed by atoms with Crippen LogP contribution in [-0.4, -0.2) is 75.8 Å². The second kappa shape index (κ2) is 9.65. The van der Waals surface area contributed by atoms with Crippen LogP contribution in [0.3, 0.4) is 0 Å². The molecule has 2 saturated heterocycles. The number of carbonyl (C=O) groups is 2. The lowest BCUT2D eigenvalue weighted by Crippen LogP contribution is -2.52. The van der Waals surface area contributed by atoms with E-state index >= 15 is 0 Å². The van der Waals surface area contributed by atoms with E-state index in [0.29, 0.717) is 32.7 Å². The normalized spacial score (nSPS) is 19.7. The summed E-state index contributed by atoms with van der Waals surface area (Å²) in [4.78, 5) is 35.1. The molecule has 0 spiro atoms. The number of nitrogens with zero attached hydrogens (tertiary/aromatic N) is 5. The van der Waals surface area contributed by atoms with Crippen LogP contribution in [0.15, 0.2) is 53.0 Å². The van der Waals surface area contributed by atoms with Crippen LogP contribution in [0.1, 0.15) is 18.7 Å². The Kier molecular flexibility index (Phi) is 6.46. The summed E-state index contributed by atoms with van der Waals surface area (Å²) in [5.74, 6) is 1.23. The monoisotopic (exact) mass is 509 g/mol. The Hall–Kier alpha value is -2.71. The number of imidazole rings is 1. The molecule has 0 bridgehead atoms. The molecule has 3 aromatic rings. The predicted molar refractivity (Wildman–Crippen MR) is 131 cm³/mol. The first kappa shape index (κ1) is 22.1. The molecule has 5 rings (SSSR count). The molecule has 0 aliphatic carbocycles. The minimum atomic E-state index is 0.00652. The Labute approximate surface area is 202 Å². The first-order valence-electron chi connectivity index (χ1n) is 11.5. The molecule has 172 valence electrons. The molecular formula is C25H28BrN5O2. The SMILES string of the molecule is O=CN1CCN(C(=O)[C@@H]2CCCN(Cc3nc4ccccc4n3-c3ccc(Br)cc3)C2)CC1. The molecule has 8 heteroatoms. The summed E-state index contributed by atoms with van der Waals surface area (Å²) in [5.41, 5.74) is 3.15. The van der Waals surface area contributed by atoms with E-state index < -0.39 is 0 Å². The summed E-state index contributed by atoms with van der Waals surface area (Å²) in [6, 6.07) is 16.5. The molecule has 2 aliphatic heterocycles. The van der Waals surface area contributed by atoms with Gasteiger partial charge in [0.25, 0.3) is 0 Å². The highest BCUT2D eigenvalue weighted by Crippen LogP contribution is 2.26. The van der Waals surface area contributed by atoms with Crippen molar-refractivity contribution in [1.82, 2.24) is 24.3 Å². The number of piperidine rings is 1. The zero-order chi connectivity index (χ0) is 22.8. The third-order valence-electron chi connectivity index (χ3n) is 6.71. The number of benzene rings is 2. The summed E-state index contributed by atoms with van der Waals surface area (Å²) >= 11 is 3.53. The van der Waals surface area contributed by atoms with Crippen molar-refractivity contribution >= 4 is 39.3 Å². The van der Waals surface area contributed by atoms with E-state index in [1.165, 1.54) is 0 Å². The Bertz CT molecular complexity index is 1140. The van der Waals surface area contributed by atoms with Crippen molar-refractivity contribution < 1.29 is 9.59 Å². The van der Waals surface area contributed by atoms with Gasteiger partial charge in [0.1, 0.15) is 5.82 Å². The molecule has 0 unspecified atom stereocenters. The standard InChI is InChI=1S/C25H28BrN5O2/c26-20-7-9-21(10-8-20)31-23-6-2-1-5-22(23)27-24(31)17-29-11-3-4-19(16-29)25(33)30-14-12-28(18-32)13-15-30/h1-2,5-10,18-19H,3-4,11-17H2/t19-/m1/s1. The molecule has 1 aromatic heterocycles. The van der Waals surface area contributed by atoms with Crippen molar-refractivity contribution in [2.75, 3.05) is 39.3 Å². The van der Waals surface area contributed by atoms with Crippen LogP contribution in [0.2, 0.25) is 0 Å². The number of hydrogen-bond acceptors (Lipinski definition) is 4. The molecular weight excluding hydrogens is 482 g/mol. The van der Waals surface area contributed by atoms with Crippen molar-refractivity contribution in [3.8, 4) is 5.69 Å². The van der Waals surface area contributed by atoms with Crippen molar-refractivity contribution in [2.45, 2.75) is 19.4 Å². The van der Waals surface area contributed by atoms with Gasteiger partial charge in [-0.15, -0.1) is 0 Å². The lowest BCUT2D eigenvalue weighted by molar-refractivity contribution is -0.140. The Morgan fingerprint density at radius 2 is 1.79 bits per heavy atom. The van der Waals surface area contributed by atoms with Crippen LogP contribution in [0.25, 0.3) is 16.7 Å². The topological polar surface area (TPSA) is 61.7 Å². The minimum Gasteiger partial charge on any atom is -0.342 e. The number of piperazine rings is 1. The van der Waals surface area contributed by atoms with Gasteiger partial charge in [0.15, 0.2) is 0 Å². The van der Waals surface area contributed by atoms with Crippen LogP contribution in [0.5, 0.6) is 0 Å². The number of likely N-dealkylation sites (tertiary alicyclic amines) is 1. The first-order valence-corrected chi connectivity index (χ1v) is 12.3. The van der Waals surface area contributed by atoms with E-state index in [0.717, 1.165) is 59.4 Å². The molecule has 3 heterocycles. The summed E-state index contributed by atoms with van der Waals surface area (Å²) in [7, 11) is 0. The maximum atomic E-state index is 13.2. The van der Waals surface area contributed by atoms with Gasteiger partial charge in [0.2, 0.25) is 12.3 Å². The fraction of sp³-hybridized carbons (Fsp3) is 0.400. The van der Waals surface area contributed by atoms with Crippen LogP contribution >= 0.6 is 15.9 Å². The summed E-state index contributed by atoms with van der Waals surface area (Å²) in [5, 5.41) is 0. The predicted octanol–water partition coefficient (Wildman–Crippen LogP) is 3.30. The average Bonchev–Trinajstić information content (AvgIpc) is 3.22. The number of hydrogen-bond donors (Lipinski definition) is 0. The van der Waals surface area contributed by atoms with E-state index in [-0.39, 0.29) is 11.8 Å². The molecule has 2 amide bonds. The molecule has 7 nitrogen and oxygen atoms in total. The smallest absolute Gasteiger partial charge is 0.227 e. The number of amides is 2.